The molecule has 4 rings (SSSR count). The fraction of sp³-hybridized carbons (Fsp3) is 0.381. The average Bonchev–Trinajstić information content (AvgIpc) is 3.32. The molecule has 1 fully saturated rings. The summed E-state index contributed by atoms with van der Waals surface area (Å²) in [5.74, 6) is 0.0624. The largest absolute Gasteiger partial charge is 0.497 e. The Hall–Kier alpha value is -2.67. The number of methoxy groups -OCH3 is 1. The number of benzene rings is 1. The van der Waals surface area contributed by atoms with E-state index < -0.39 is 5.82 Å². The number of carbonyl (C=O) groups is 1. The lowest BCUT2D eigenvalue weighted by Gasteiger charge is -2.29. The summed E-state index contributed by atoms with van der Waals surface area (Å²) >= 11 is 5.81. The van der Waals surface area contributed by atoms with Crippen molar-refractivity contribution >= 4 is 23.3 Å². The molecule has 8 heteroatoms. The first-order valence-corrected chi connectivity index (χ1v) is 9.91. The van der Waals surface area contributed by atoms with E-state index >= 15 is 0 Å². The van der Waals surface area contributed by atoms with Crippen LogP contribution in [0, 0.1) is 23.6 Å². The minimum Gasteiger partial charge on any atom is -0.497 e. The van der Waals surface area contributed by atoms with Crippen LogP contribution in [-0.2, 0) is 4.79 Å². The molecule has 2 bridgehead atoms. The molecule has 1 amide bonds. The maximum absolute atomic E-state index is 14.1. The van der Waals surface area contributed by atoms with Gasteiger partial charge in [-0.15, -0.1) is 0 Å². The normalized spacial score (nSPS) is 25.7. The molecule has 1 unspecified atom stereocenters. The molecule has 0 radical (unpaired) electrons. The summed E-state index contributed by atoms with van der Waals surface area (Å²) in [7, 11) is 1.61. The van der Waals surface area contributed by atoms with Crippen molar-refractivity contribution in [2.45, 2.75) is 25.4 Å². The summed E-state index contributed by atoms with van der Waals surface area (Å²) in [6.45, 7) is 1.94. The first-order chi connectivity index (χ1) is 14.0. The van der Waals surface area contributed by atoms with Crippen LogP contribution >= 0.6 is 11.6 Å². The van der Waals surface area contributed by atoms with Gasteiger partial charge in [-0.1, -0.05) is 24.3 Å². The van der Waals surface area contributed by atoms with Crippen LogP contribution in [0.1, 0.15) is 24.9 Å². The fourth-order valence-corrected chi connectivity index (χ4v) is 4.40. The molecule has 2 aromatic rings. The van der Waals surface area contributed by atoms with Crippen molar-refractivity contribution in [2.24, 2.45) is 17.8 Å². The third-order valence-electron chi connectivity index (χ3n) is 5.75. The van der Waals surface area contributed by atoms with E-state index in [-0.39, 0.29) is 46.8 Å². The molecule has 2 aliphatic rings. The van der Waals surface area contributed by atoms with Gasteiger partial charge in [-0.3, -0.25) is 4.79 Å². The molecule has 0 aliphatic heterocycles. The SMILES string of the molecule is COc1ccc([C@@H](C)NC(=O)C2[C@@H](Nc3nc(Cl)ncc3F)[C@@H]3C=C[C@H]2C3)cc1. The molecule has 1 heterocycles. The van der Waals surface area contributed by atoms with E-state index in [0.717, 1.165) is 23.9 Å². The van der Waals surface area contributed by atoms with Crippen LogP contribution in [0.3, 0.4) is 0 Å². The lowest BCUT2D eigenvalue weighted by Crippen LogP contribution is -2.44. The van der Waals surface area contributed by atoms with Gasteiger partial charge in [0.15, 0.2) is 11.6 Å². The van der Waals surface area contributed by atoms with Crippen molar-refractivity contribution in [2.75, 3.05) is 12.4 Å². The Bertz CT molecular complexity index is 937. The summed E-state index contributed by atoms with van der Waals surface area (Å²) in [6.07, 6.45) is 6.04. The Morgan fingerprint density at radius 1 is 1.28 bits per heavy atom. The second-order valence-corrected chi connectivity index (χ2v) is 7.82. The monoisotopic (exact) mass is 416 g/mol. The lowest BCUT2D eigenvalue weighted by molar-refractivity contribution is -0.126. The van der Waals surface area contributed by atoms with Crippen molar-refractivity contribution in [3.05, 3.63) is 59.3 Å². The van der Waals surface area contributed by atoms with Gasteiger partial charge >= 0.3 is 0 Å². The van der Waals surface area contributed by atoms with Crippen LogP contribution in [0.15, 0.2) is 42.6 Å². The second-order valence-electron chi connectivity index (χ2n) is 7.48. The highest BCUT2D eigenvalue weighted by molar-refractivity contribution is 6.28. The summed E-state index contributed by atoms with van der Waals surface area (Å²) < 4.78 is 19.3. The summed E-state index contributed by atoms with van der Waals surface area (Å²) in [5, 5.41) is 6.16. The highest BCUT2D eigenvalue weighted by atomic mass is 35.5. The van der Waals surface area contributed by atoms with E-state index in [4.69, 9.17) is 16.3 Å². The molecule has 1 saturated carbocycles. The minimum absolute atomic E-state index is 0.0250. The van der Waals surface area contributed by atoms with E-state index in [9.17, 15) is 9.18 Å². The van der Waals surface area contributed by atoms with Gasteiger partial charge in [0.1, 0.15) is 5.75 Å². The molecule has 1 aromatic carbocycles. The maximum Gasteiger partial charge on any atom is 0.226 e. The van der Waals surface area contributed by atoms with E-state index in [1.54, 1.807) is 7.11 Å². The van der Waals surface area contributed by atoms with Gasteiger partial charge < -0.3 is 15.4 Å². The van der Waals surface area contributed by atoms with Crippen LogP contribution < -0.4 is 15.4 Å². The Balaban J connectivity index is 1.50. The van der Waals surface area contributed by atoms with Crippen molar-refractivity contribution in [3.8, 4) is 5.75 Å². The number of nitrogens with zero attached hydrogens (tertiary/aromatic N) is 2. The van der Waals surface area contributed by atoms with Crippen LogP contribution in [0.25, 0.3) is 0 Å². The number of anilines is 1. The minimum atomic E-state index is -0.591. The van der Waals surface area contributed by atoms with Crippen LogP contribution in [-0.4, -0.2) is 29.0 Å². The number of allylic oxidation sites excluding steroid dienone is 1. The number of carbonyl (C=O) groups excluding carboxylic acids is 1. The Morgan fingerprint density at radius 2 is 2.00 bits per heavy atom. The summed E-state index contributed by atoms with van der Waals surface area (Å²) in [6, 6.07) is 7.17. The molecule has 0 spiro atoms. The molecule has 2 N–H and O–H groups in total. The molecule has 152 valence electrons. The van der Waals surface area contributed by atoms with E-state index in [1.807, 2.05) is 31.2 Å². The molecule has 5 atom stereocenters. The van der Waals surface area contributed by atoms with Gasteiger partial charge in [-0.25, -0.2) is 9.37 Å². The van der Waals surface area contributed by atoms with Gasteiger partial charge in [-0.2, -0.15) is 4.98 Å². The zero-order valence-corrected chi connectivity index (χ0v) is 16.9. The highest BCUT2D eigenvalue weighted by Gasteiger charge is 2.48. The number of hydrogen-bond donors (Lipinski definition) is 2. The predicted molar refractivity (Wildman–Crippen MR) is 108 cm³/mol. The Morgan fingerprint density at radius 3 is 2.72 bits per heavy atom. The second kappa shape index (κ2) is 7.99. The molecule has 29 heavy (non-hydrogen) atoms. The quantitative estimate of drug-likeness (QED) is 0.554. The zero-order valence-electron chi connectivity index (χ0n) is 16.1. The zero-order chi connectivity index (χ0) is 20.5. The van der Waals surface area contributed by atoms with Crippen LogP contribution in [0.5, 0.6) is 5.75 Å². The number of fused-ring (bicyclic) bond motifs is 2. The van der Waals surface area contributed by atoms with Crippen molar-refractivity contribution in [3.63, 3.8) is 0 Å². The highest BCUT2D eigenvalue weighted by Crippen LogP contribution is 2.45. The number of amides is 1. The van der Waals surface area contributed by atoms with E-state index in [2.05, 4.69) is 32.8 Å². The lowest BCUT2D eigenvalue weighted by atomic mass is 9.87. The average molecular weight is 417 g/mol. The number of halogens is 2. The number of rotatable bonds is 6. The first-order valence-electron chi connectivity index (χ1n) is 9.53. The van der Waals surface area contributed by atoms with E-state index in [0.29, 0.717) is 0 Å². The van der Waals surface area contributed by atoms with Gasteiger partial charge in [-0.05, 0) is 54.5 Å². The molecular formula is C21H22ClFN4O2. The van der Waals surface area contributed by atoms with Gasteiger partial charge in [0.2, 0.25) is 11.2 Å². The number of aromatic nitrogens is 2. The van der Waals surface area contributed by atoms with Crippen molar-refractivity contribution in [1.82, 2.24) is 15.3 Å². The standard InChI is InChI=1S/C21H22ClFN4O2/c1-11(12-5-7-15(29-2)8-6-12)25-20(28)17-13-3-4-14(9-13)18(17)26-19-16(23)10-24-21(22)27-19/h3-8,10-11,13-14,17-18H,9H2,1-2H3,(H,25,28)(H,24,26,27)/t11-,13+,14-,17?,18+/m1/s1. The Labute approximate surface area is 173 Å². The third kappa shape index (κ3) is 3.92. The molecular weight excluding hydrogens is 395 g/mol. The topological polar surface area (TPSA) is 76.1 Å². The number of ether oxygens (including phenoxy) is 1. The van der Waals surface area contributed by atoms with Gasteiger partial charge in [0.05, 0.1) is 25.3 Å². The third-order valence-corrected chi connectivity index (χ3v) is 5.94. The summed E-state index contributed by atoms with van der Waals surface area (Å²) in [5.41, 5.74) is 0.982. The molecule has 6 nitrogen and oxygen atoms in total. The maximum atomic E-state index is 14.1. The van der Waals surface area contributed by atoms with E-state index in [1.165, 1.54) is 0 Å². The molecule has 0 saturated heterocycles. The first kappa shape index (κ1) is 19.6. The van der Waals surface area contributed by atoms with Crippen LogP contribution in [0.4, 0.5) is 10.2 Å². The number of hydrogen-bond acceptors (Lipinski definition) is 5. The van der Waals surface area contributed by atoms with Crippen molar-refractivity contribution in [1.29, 1.82) is 0 Å². The van der Waals surface area contributed by atoms with Gasteiger partial charge in [0.25, 0.3) is 0 Å². The van der Waals surface area contributed by atoms with Gasteiger partial charge in [0, 0.05) is 6.04 Å². The smallest absolute Gasteiger partial charge is 0.226 e. The molecule has 1 aromatic heterocycles. The molecule has 2 aliphatic carbocycles. The Kier molecular flexibility index (Phi) is 5.41. The fourth-order valence-electron chi connectivity index (χ4n) is 4.27. The number of nitrogens with one attached hydrogen (secondary N) is 2. The predicted octanol–water partition coefficient (Wildman–Crippen LogP) is 3.76. The summed E-state index contributed by atoms with van der Waals surface area (Å²) in [4.78, 5) is 20.7. The van der Waals surface area contributed by atoms with Crippen molar-refractivity contribution < 1.29 is 13.9 Å². The van der Waals surface area contributed by atoms with Crippen LogP contribution in [0.2, 0.25) is 5.28 Å².